The third-order valence-corrected chi connectivity index (χ3v) is 4.24. The van der Waals surface area contributed by atoms with E-state index in [2.05, 4.69) is 43.4 Å². The topological polar surface area (TPSA) is 55.1 Å². The molecule has 1 fully saturated rings. The lowest BCUT2D eigenvalue weighted by molar-refractivity contribution is -0.122. The van der Waals surface area contributed by atoms with Crippen molar-refractivity contribution >= 4 is 18.3 Å². The molecule has 2 rings (SSSR count). The first-order valence-corrected chi connectivity index (χ1v) is 7.72. The van der Waals surface area contributed by atoms with E-state index >= 15 is 0 Å². The number of benzene rings is 1. The summed E-state index contributed by atoms with van der Waals surface area (Å²) in [5.74, 6) is 0.987. The Bertz CT molecular complexity index is 443. The van der Waals surface area contributed by atoms with Crippen LogP contribution >= 0.6 is 12.4 Å². The van der Waals surface area contributed by atoms with Crippen LogP contribution < -0.4 is 11.1 Å². The van der Waals surface area contributed by atoms with E-state index in [4.69, 9.17) is 5.73 Å². The van der Waals surface area contributed by atoms with Gasteiger partial charge in [0.1, 0.15) is 0 Å². The monoisotopic (exact) mass is 310 g/mol. The lowest BCUT2D eigenvalue weighted by Gasteiger charge is -2.18. The summed E-state index contributed by atoms with van der Waals surface area (Å²) in [4.78, 5) is 12.1. The summed E-state index contributed by atoms with van der Waals surface area (Å²) >= 11 is 0. The minimum absolute atomic E-state index is 0. The van der Waals surface area contributed by atoms with Crippen LogP contribution in [0.4, 0.5) is 0 Å². The maximum Gasteiger partial charge on any atom is 0.220 e. The standard InChI is InChI=1S/C17H26N2O.ClH/c1-3-13-4-6-14(7-5-13)12(2)10-17(20)19-16(11-18)15-8-9-15;/h4-7,12,15-16H,3,8-11,18H2,1-2H3,(H,19,20);1H. The fraction of sp³-hybridized carbons (Fsp3) is 0.588. The molecule has 0 heterocycles. The van der Waals surface area contributed by atoms with E-state index in [9.17, 15) is 4.79 Å². The van der Waals surface area contributed by atoms with E-state index in [1.807, 2.05) is 0 Å². The van der Waals surface area contributed by atoms with Crippen LogP contribution in [-0.2, 0) is 11.2 Å². The number of carbonyl (C=O) groups is 1. The van der Waals surface area contributed by atoms with Gasteiger partial charge >= 0.3 is 0 Å². The summed E-state index contributed by atoms with van der Waals surface area (Å²) in [6, 6.07) is 8.75. The summed E-state index contributed by atoms with van der Waals surface area (Å²) in [6.45, 7) is 4.81. The second kappa shape index (κ2) is 8.40. The second-order valence-electron chi connectivity index (χ2n) is 5.95. The molecule has 0 aromatic heterocycles. The van der Waals surface area contributed by atoms with Gasteiger partial charge in [-0.1, -0.05) is 38.1 Å². The van der Waals surface area contributed by atoms with Crippen molar-refractivity contribution in [3.63, 3.8) is 0 Å². The van der Waals surface area contributed by atoms with Crippen molar-refractivity contribution in [3.05, 3.63) is 35.4 Å². The minimum atomic E-state index is 0. The summed E-state index contributed by atoms with van der Waals surface area (Å²) in [5.41, 5.74) is 8.29. The molecule has 3 nitrogen and oxygen atoms in total. The zero-order chi connectivity index (χ0) is 14.5. The summed E-state index contributed by atoms with van der Waals surface area (Å²) in [6.07, 6.45) is 4.00. The van der Waals surface area contributed by atoms with E-state index in [1.165, 1.54) is 24.0 Å². The highest BCUT2D eigenvalue weighted by molar-refractivity contribution is 5.85. The van der Waals surface area contributed by atoms with Gasteiger partial charge in [0.2, 0.25) is 5.91 Å². The summed E-state index contributed by atoms with van der Waals surface area (Å²) in [5, 5.41) is 3.09. The van der Waals surface area contributed by atoms with Crippen molar-refractivity contribution in [2.75, 3.05) is 6.54 Å². The van der Waals surface area contributed by atoms with Gasteiger partial charge < -0.3 is 11.1 Å². The van der Waals surface area contributed by atoms with Gasteiger partial charge in [0.25, 0.3) is 0 Å². The van der Waals surface area contributed by atoms with Crippen LogP contribution in [0.1, 0.15) is 50.2 Å². The lowest BCUT2D eigenvalue weighted by atomic mass is 9.96. The van der Waals surface area contributed by atoms with Crippen LogP contribution in [0.2, 0.25) is 0 Å². The normalized spacial score (nSPS) is 16.7. The molecule has 0 aliphatic heterocycles. The number of amides is 1. The predicted molar refractivity (Wildman–Crippen MR) is 89.8 cm³/mol. The minimum Gasteiger partial charge on any atom is -0.352 e. The third kappa shape index (κ3) is 5.33. The number of hydrogen-bond donors (Lipinski definition) is 2. The van der Waals surface area contributed by atoms with Gasteiger partial charge in [0.05, 0.1) is 0 Å². The predicted octanol–water partition coefficient (Wildman–Crippen LogP) is 3.02. The maximum absolute atomic E-state index is 12.1. The highest BCUT2D eigenvalue weighted by atomic mass is 35.5. The Balaban J connectivity index is 0.00000220. The molecule has 21 heavy (non-hydrogen) atoms. The summed E-state index contributed by atoms with van der Waals surface area (Å²) in [7, 11) is 0. The number of hydrogen-bond acceptors (Lipinski definition) is 2. The average molecular weight is 311 g/mol. The number of aryl methyl sites for hydroxylation is 1. The number of nitrogens with one attached hydrogen (secondary N) is 1. The van der Waals surface area contributed by atoms with Gasteiger partial charge in [-0.25, -0.2) is 0 Å². The molecule has 1 aromatic rings. The zero-order valence-corrected chi connectivity index (χ0v) is 13.8. The molecule has 0 radical (unpaired) electrons. The van der Waals surface area contributed by atoms with Crippen LogP contribution in [0.5, 0.6) is 0 Å². The molecule has 0 saturated heterocycles. The van der Waals surface area contributed by atoms with Crippen LogP contribution in [0.3, 0.4) is 0 Å². The SMILES string of the molecule is CCc1ccc(C(C)CC(=O)NC(CN)C2CC2)cc1.Cl. The molecule has 1 aliphatic rings. The van der Waals surface area contributed by atoms with Gasteiger partial charge in [-0.05, 0) is 42.2 Å². The van der Waals surface area contributed by atoms with E-state index in [0.29, 0.717) is 18.9 Å². The third-order valence-electron chi connectivity index (χ3n) is 4.24. The maximum atomic E-state index is 12.1. The molecular weight excluding hydrogens is 284 g/mol. The van der Waals surface area contributed by atoms with Crippen molar-refractivity contribution in [1.29, 1.82) is 0 Å². The molecule has 3 N–H and O–H groups in total. The number of rotatable bonds is 7. The Morgan fingerprint density at radius 3 is 2.43 bits per heavy atom. The van der Waals surface area contributed by atoms with Crippen molar-refractivity contribution in [2.24, 2.45) is 11.7 Å². The van der Waals surface area contributed by atoms with Gasteiger partial charge in [0.15, 0.2) is 0 Å². The number of halogens is 1. The Hall–Kier alpha value is -1.06. The quantitative estimate of drug-likeness (QED) is 0.813. The molecule has 1 aromatic carbocycles. The summed E-state index contributed by atoms with van der Waals surface area (Å²) < 4.78 is 0. The molecule has 0 spiro atoms. The fourth-order valence-electron chi connectivity index (χ4n) is 2.61. The molecule has 118 valence electrons. The highest BCUT2D eigenvalue weighted by Gasteiger charge is 2.31. The molecule has 0 bridgehead atoms. The van der Waals surface area contributed by atoms with Crippen molar-refractivity contribution < 1.29 is 4.79 Å². The van der Waals surface area contributed by atoms with Gasteiger partial charge in [-0.2, -0.15) is 0 Å². The van der Waals surface area contributed by atoms with Crippen LogP contribution in [0.15, 0.2) is 24.3 Å². The lowest BCUT2D eigenvalue weighted by Crippen LogP contribution is -2.42. The van der Waals surface area contributed by atoms with Crippen molar-refractivity contribution in [2.45, 2.75) is 51.5 Å². The molecule has 1 amide bonds. The molecule has 4 heteroatoms. The van der Waals surface area contributed by atoms with Gasteiger partial charge in [-0.3, -0.25) is 4.79 Å². The van der Waals surface area contributed by atoms with Crippen molar-refractivity contribution in [1.82, 2.24) is 5.32 Å². The van der Waals surface area contributed by atoms with E-state index in [0.717, 1.165) is 6.42 Å². The Morgan fingerprint density at radius 2 is 1.95 bits per heavy atom. The van der Waals surface area contributed by atoms with Crippen LogP contribution in [0.25, 0.3) is 0 Å². The first-order valence-electron chi connectivity index (χ1n) is 7.72. The smallest absolute Gasteiger partial charge is 0.220 e. The number of carbonyl (C=O) groups excluding carboxylic acids is 1. The van der Waals surface area contributed by atoms with Crippen molar-refractivity contribution in [3.8, 4) is 0 Å². The molecule has 1 aliphatic carbocycles. The second-order valence-corrected chi connectivity index (χ2v) is 5.95. The van der Waals surface area contributed by atoms with Gasteiger partial charge in [-0.15, -0.1) is 12.4 Å². The Labute approximate surface area is 134 Å². The van der Waals surface area contributed by atoms with E-state index in [-0.39, 0.29) is 30.3 Å². The van der Waals surface area contributed by atoms with E-state index < -0.39 is 0 Å². The number of nitrogens with two attached hydrogens (primary N) is 1. The first-order chi connectivity index (χ1) is 9.63. The molecule has 2 atom stereocenters. The highest BCUT2D eigenvalue weighted by Crippen LogP contribution is 2.32. The average Bonchev–Trinajstić information content (AvgIpc) is 3.29. The van der Waals surface area contributed by atoms with Crippen LogP contribution in [0, 0.1) is 5.92 Å². The molecular formula is C17H27ClN2O. The Morgan fingerprint density at radius 1 is 1.33 bits per heavy atom. The van der Waals surface area contributed by atoms with Gasteiger partial charge in [0, 0.05) is 19.0 Å². The molecule has 1 saturated carbocycles. The first kappa shape index (κ1) is 18.0. The fourth-order valence-corrected chi connectivity index (χ4v) is 2.61. The Kier molecular flexibility index (Phi) is 7.20. The largest absolute Gasteiger partial charge is 0.352 e. The van der Waals surface area contributed by atoms with Crippen LogP contribution in [-0.4, -0.2) is 18.5 Å². The molecule has 2 unspecified atom stereocenters. The van der Waals surface area contributed by atoms with E-state index in [1.54, 1.807) is 0 Å². The zero-order valence-electron chi connectivity index (χ0n) is 13.0.